The molecule has 0 aliphatic heterocycles. The standard InChI is InChI=1S/C12H19NO2.ClH/c1-3-15-12-7-5-4-6-11(12)9-13-8-10(2)14;/h4-7,10,13-14H,3,8-9H2,1-2H3;1H. The van der Waals surface area contributed by atoms with Gasteiger partial charge in [-0.1, -0.05) is 18.2 Å². The zero-order chi connectivity index (χ0) is 11.1. The Balaban J connectivity index is 0.00000225. The maximum atomic E-state index is 9.11. The summed E-state index contributed by atoms with van der Waals surface area (Å²) in [6.07, 6.45) is -0.316. The molecule has 2 N–H and O–H groups in total. The molecule has 1 aromatic rings. The fraction of sp³-hybridized carbons (Fsp3) is 0.500. The molecular formula is C12H20ClNO2. The number of aliphatic hydroxyl groups excluding tert-OH is 1. The van der Waals surface area contributed by atoms with E-state index in [0.29, 0.717) is 13.2 Å². The molecule has 0 aliphatic carbocycles. The van der Waals surface area contributed by atoms with Crippen molar-refractivity contribution in [3.05, 3.63) is 29.8 Å². The normalized spacial score (nSPS) is 11.7. The lowest BCUT2D eigenvalue weighted by Gasteiger charge is -2.11. The van der Waals surface area contributed by atoms with E-state index in [2.05, 4.69) is 5.32 Å². The minimum absolute atomic E-state index is 0. The van der Waals surface area contributed by atoms with E-state index in [4.69, 9.17) is 9.84 Å². The number of aliphatic hydroxyl groups is 1. The molecule has 1 aromatic carbocycles. The van der Waals surface area contributed by atoms with Gasteiger partial charge in [-0.25, -0.2) is 0 Å². The summed E-state index contributed by atoms with van der Waals surface area (Å²) in [6.45, 7) is 5.73. The Labute approximate surface area is 103 Å². The van der Waals surface area contributed by atoms with Gasteiger partial charge in [-0.2, -0.15) is 0 Å². The fourth-order valence-corrected chi connectivity index (χ4v) is 1.36. The Morgan fingerprint density at radius 1 is 1.38 bits per heavy atom. The van der Waals surface area contributed by atoms with Gasteiger partial charge in [0.15, 0.2) is 0 Å². The number of hydrogen-bond donors (Lipinski definition) is 2. The van der Waals surface area contributed by atoms with Crippen LogP contribution in [0.5, 0.6) is 5.75 Å². The van der Waals surface area contributed by atoms with Gasteiger partial charge in [-0.05, 0) is 19.9 Å². The van der Waals surface area contributed by atoms with Crippen molar-refractivity contribution in [2.45, 2.75) is 26.5 Å². The van der Waals surface area contributed by atoms with Crippen LogP contribution in [0, 0.1) is 0 Å². The lowest BCUT2D eigenvalue weighted by Crippen LogP contribution is -2.24. The maximum Gasteiger partial charge on any atom is 0.123 e. The first-order chi connectivity index (χ1) is 7.24. The van der Waals surface area contributed by atoms with Crippen molar-refractivity contribution in [3.8, 4) is 5.75 Å². The number of para-hydroxylation sites is 1. The first-order valence-corrected chi connectivity index (χ1v) is 5.33. The van der Waals surface area contributed by atoms with Crippen LogP contribution in [0.1, 0.15) is 19.4 Å². The number of rotatable bonds is 6. The molecule has 1 atom stereocenters. The number of benzene rings is 1. The third-order valence-corrected chi connectivity index (χ3v) is 2.03. The summed E-state index contributed by atoms with van der Waals surface area (Å²) in [5.74, 6) is 0.915. The van der Waals surface area contributed by atoms with E-state index in [0.717, 1.165) is 17.9 Å². The van der Waals surface area contributed by atoms with Gasteiger partial charge >= 0.3 is 0 Å². The van der Waals surface area contributed by atoms with Crippen LogP contribution in [-0.4, -0.2) is 24.4 Å². The van der Waals surface area contributed by atoms with E-state index in [1.807, 2.05) is 31.2 Å². The zero-order valence-corrected chi connectivity index (χ0v) is 10.6. The zero-order valence-electron chi connectivity index (χ0n) is 9.77. The number of hydrogen-bond acceptors (Lipinski definition) is 3. The van der Waals surface area contributed by atoms with Gasteiger partial charge in [0, 0.05) is 18.7 Å². The summed E-state index contributed by atoms with van der Waals surface area (Å²) in [6, 6.07) is 7.94. The molecule has 0 fully saturated rings. The number of nitrogens with one attached hydrogen (secondary N) is 1. The predicted octanol–water partition coefficient (Wildman–Crippen LogP) is 1.98. The van der Waals surface area contributed by atoms with Crippen molar-refractivity contribution >= 4 is 12.4 Å². The third-order valence-electron chi connectivity index (χ3n) is 2.03. The average Bonchev–Trinajstić information content (AvgIpc) is 2.20. The molecule has 0 radical (unpaired) electrons. The molecule has 0 heterocycles. The van der Waals surface area contributed by atoms with E-state index in [-0.39, 0.29) is 18.5 Å². The van der Waals surface area contributed by atoms with Crippen LogP contribution in [-0.2, 0) is 6.54 Å². The molecule has 1 unspecified atom stereocenters. The van der Waals surface area contributed by atoms with Crippen molar-refractivity contribution < 1.29 is 9.84 Å². The molecule has 4 heteroatoms. The highest BCUT2D eigenvalue weighted by Crippen LogP contribution is 2.17. The van der Waals surface area contributed by atoms with Gasteiger partial charge in [0.1, 0.15) is 5.75 Å². The molecule has 3 nitrogen and oxygen atoms in total. The lowest BCUT2D eigenvalue weighted by molar-refractivity contribution is 0.190. The molecule has 1 rings (SSSR count). The lowest BCUT2D eigenvalue weighted by atomic mass is 10.2. The summed E-state index contributed by atoms with van der Waals surface area (Å²) < 4.78 is 5.49. The average molecular weight is 246 g/mol. The van der Waals surface area contributed by atoms with Crippen molar-refractivity contribution in [2.24, 2.45) is 0 Å². The summed E-state index contributed by atoms with van der Waals surface area (Å²) in [5, 5.41) is 12.3. The van der Waals surface area contributed by atoms with Crippen LogP contribution < -0.4 is 10.1 Å². The first kappa shape index (κ1) is 15.2. The molecule has 0 aromatic heterocycles. The summed E-state index contributed by atoms with van der Waals surface area (Å²) >= 11 is 0. The molecule has 92 valence electrons. The topological polar surface area (TPSA) is 41.5 Å². The summed E-state index contributed by atoms with van der Waals surface area (Å²) in [5.41, 5.74) is 1.13. The smallest absolute Gasteiger partial charge is 0.123 e. The minimum atomic E-state index is -0.316. The van der Waals surface area contributed by atoms with E-state index in [9.17, 15) is 0 Å². The molecule has 0 amide bonds. The molecule has 16 heavy (non-hydrogen) atoms. The Bertz CT molecular complexity index is 292. The second-order valence-corrected chi connectivity index (χ2v) is 3.52. The molecule has 0 saturated heterocycles. The van der Waals surface area contributed by atoms with E-state index in [1.54, 1.807) is 6.92 Å². The van der Waals surface area contributed by atoms with Gasteiger partial charge in [0.05, 0.1) is 12.7 Å². The van der Waals surface area contributed by atoms with E-state index < -0.39 is 0 Å². The molecular weight excluding hydrogens is 226 g/mol. The highest BCUT2D eigenvalue weighted by atomic mass is 35.5. The van der Waals surface area contributed by atoms with E-state index >= 15 is 0 Å². The van der Waals surface area contributed by atoms with Crippen LogP contribution in [0.3, 0.4) is 0 Å². The Morgan fingerprint density at radius 3 is 2.69 bits per heavy atom. The van der Waals surface area contributed by atoms with Crippen molar-refractivity contribution in [2.75, 3.05) is 13.2 Å². The predicted molar refractivity (Wildman–Crippen MR) is 68.2 cm³/mol. The molecule has 0 saturated carbocycles. The quantitative estimate of drug-likeness (QED) is 0.805. The van der Waals surface area contributed by atoms with Crippen LogP contribution in [0.25, 0.3) is 0 Å². The van der Waals surface area contributed by atoms with Gasteiger partial charge in [0.2, 0.25) is 0 Å². The van der Waals surface area contributed by atoms with Crippen molar-refractivity contribution in [1.29, 1.82) is 0 Å². The second-order valence-electron chi connectivity index (χ2n) is 3.52. The highest BCUT2D eigenvalue weighted by molar-refractivity contribution is 5.85. The Kier molecular flexibility index (Phi) is 7.99. The third kappa shape index (κ3) is 5.35. The van der Waals surface area contributed by atoms with Crippen molar-refractivity contribution in [3.63, 3.8) is 0 Å². The van der Waals surface area contributed by atoms with Crippen LogP contribution in [0.4, 0.5) is 0 Å². The van der Waals surface area contributed by atoms with Gasteiger partial charge in [0.25, 0.3) is 0 Å². The maximum absolute atomic E-state index is 9.11. The molecule has 0 spiro atoms. The Hall–Kier alpha value is -0.770. The van der Waals surface area contributed by atoms with Gasteiger partial charge < -0.3 is 15.2 Å². The summed E-state index contributed by atoms with van der Waals surface area (Å²) in [7, 11) is 0. The molecule has 0 bridgehead atoms. The fourth-order valence-electron chi connectivity index (χ4n) is 1.36. The van der Waals surface area contributed by atoms with Gasteiger partial charge in [-0.3, -0.25) is 0 Å². The number of ether oxygens (including phenoxy) is 1. The molecule has 0 aliphatic rings. The Morgan fingerprint density at radius 2 is 2.06 bits per heavy atom. The second kappa shape index (κ2) is 8.39. The van der Waals surface area contributed by atoms with E-state index in [1.165, 1.54) is 0 Å². The number of halogens is 1. The highest BCUT2D eigenvalue weighted by Gasteiger charge is 2.02. The van der Waals surface area contributed by atoms with Crippen molar-refractivity contribution in [1.82, 2.24) is 5.32 Å². The first-order valence-electron chi connectivity index (χ1n) is 5.33. The van der Waals surface area contributed by atoms with Crippen LogP contribution in [0.2, 0.25) is 0 Å². The minimum Gasteiger partial charge on any atom is -0.494 e. The largest absolute Gasteiger partial charge is 0.494 e. The monoisotopic (exact) mass is 245 g/mol. The van der Waals surface area contributed by atoms with Crippen LogP contribution in [0.15, 0.2) is 24.3 Å². The SMILES string of the molecule is CCOc1ccccc1CNCC(C)O.Cl. The van der Waals surface area contributed by atoms with Crippen LogP contribution >= 0.6 is 12.4 Å². The van der Waals surface area contributed by atoms with Gasteiger partial charge in [-0.15, -0.1) is 12.4 Å². The summed E-state index contributed by atoms with van der Waals surface area (Å²) in [4.78, 5) is 0.